The fourth-order valence-corrected chi connectivity index (χ4v) is 9.68. The molecule has 1 radical (unpaired) electrons. The number of carbonyl (C=O) groups excluding carboxylic acids is 6. The summed E-state index contributed by atoms with van der Waals surface area (Å²) >= 11 is 27.3. The molecule has 0 aliphatic carbocycles. The summed E-state index contributed by atoms with van der Waals surface area (Å²) in [6, 6.07) is 68.8. The Morgan fingerprint density at radius 2 is 0.809 bits per heavy atom. The van der Waals surface area contributed by atoms with E-state index in [2.05, 4.69) is 171 Å². The van der Waals surface area contributed by atoms with Crippen LogP contribution in [0.4, 0.5) is 13.2 Å². The minimum absolute atomic E-state index is 0.0486. The monoisotopic (exact) mass is 2040 g/mol. The Labute approximate surface area is 724 Å². The predicted molar refractivity (Wildman–Crippen MR) is 470 cm³/mol. The van der Waals surface area contributed by atoms with Crippen LogP contribution in [0.2, 0.25) is 0 Å². The number of aryl methyl sites for hydroxylation is 2. The molecule has 0 saturated carbocycles. The molecule has 10 aromatic rings. The van der Waals surface area contributed by atoms with Crippen molar-refractivity contribution >= 4 is 208 Å². The fourth-order valence-electron chi connectivity index (χ4n) is 7.69. The third-order valence-electron chi connectivity index (χ3n) is 13.7. The third-order valence-corrected chi connectivity index (χ3v) is 18.0. The van der Waals surface area contributed by atoms with Gasteiger partial charge in [0.1, 0.15) is 23.0 Å². The minimum Gasteiger partial charge on any atom is -0.537 e. The van der Waals surface area contributed by atoms with Crippen LogP contribution in [0.15, 0.2) is 289 Å². The molecule has 0 unspecified atom stereocenters. The molecular formula is C82H76AlBBr5Cl5F3INO11. The number of hydrogen-bond donors (Lipinski definition) is 2. The normalized spacial score (nSPS) is 9.75. The van der Waals surface area contributed by atoms with Gasteiger partial charge in [-0.05, 0) is 299 Å². The molecule has 0 aliphatic rings. The van der Waals surface area contributed by atoms with Crippen LogP contribution in [0.1, 0.15) is 109 Å². The number of para-hydroxylation sites is 1. The van der Waals surface area contributed by atoms with Gasteiger partial charge in [-0.25, -0.2) is 34.9 Å². The lowest BCUT2D eigenvalue weighted by Gasteiger charge is -2.13. The number of aromatic hydroxyl groups is 1. The van der Waals surface area contributed by atoms with Crippen molar-refractivity contribution in [1.29, 1.82) is 0 Å². The number of hydrogen-bond acceptors (Lipinski definition) is 12. The summed E-state index contributed by atoms with van der Waals surface area (Å²) in [5, 5.41) is 16.4. The van der Waals surface area contributed by atoms with E-state index in [1.807, 2.05) is 110 Å². The van der Waals surface area contributed by atoms with Gasteiger partial charge in [-0.15, -0.1) is 0 Å². The zero-order valence-corrected chi connectivity index (χ0v) is 75.6. The number of alkyl halides is 3. The molecule has 12 nitrogen and oxygen atoms in total. The number of rotatable bonds is 16. The van der Waals surface area contributed by atoms with Crippen LogP contribution in [0, 0.1) is 17.4 Å². The van der Waals surface area contributed by atoms with Crippen molar-refractivity contribution in [3.8, 4) is 23.0 Å². The number of benzene rings is 10. The van der Waals surface area contributed by atoms with Crippen molar-refractivity contribution < 1.29 is 66.2 Å². The van der Waals surface area contributed by atoms with Gasteiger partial charge in [0.2, 0.25) is 5.24 Å². The first kappa shape index (κ1) is 102. The number of phenolic OH excluding ortho intramolecular Hbond substituents is 1. The van der Waals surface area contributed by atoms with E-state index in [1.54, 1.807) is 106 Å². The van der Waals surface area contributed by atoms with Crippen LogP contribution in [0.25, 0.3) is 0 Å². The Morgan fingerprint density at radius 1 is 0.491 bits per heavy atom. The molecule has 2 N–H and O–H groups in total. The van der Waals surface area contributed by atoms with Crippen molar-refractivity contribution in [2.45, 2.75) is 54.6 Å². The van der Waals surface area contributed by atoms with E-state index >= 15 is 0 Å². The standard InChI is InChI=1S/C17H13BrO3.C14H11BrO.C13H9BrO2.C7H5BF3O2.C7H4BrClO.C7H6BrI.C7H8O.C6H15N.C4H5ClO.Al.3ClH/c1-11(2)17(20)21-15-9-5-13(6-10-15)16(19)12-3-7-14(18)8-4-12;1-10-2-4-11(5-3-10)14(16)12-6-8-13(15)9-7-12;14-11-5-1-9(2-6-11)13(16)10-3-7-12(15)8-4-10;9-7(10,11)5-1-3-6(4-2-5)13-8-12;8-6-3-1-5(2-4-6)7(9)10;1-5-4-6(8)2-3-7(5)9;1-8-7-5-3-2-4-6-7;1-4-7(5-2)6-3;1-3(2)4(5)6;;;;/h3-10H,1H2,2H3;2-9H,1H3;1-8,15H;1-4,12H;1-4H;2-4H,1H3;2-6H,1H3;4-6H2,1-3H3;1H2,2H3;;3*1H/q;;;;;;;;;+3;;;/p-3. The largest absolute Gasteiger partial charge is 0.643 e. The van der Waals surface area contributed by atoms with Gasteiger partial charge in [0.05, 0.1) is 12.7 Å². The molecule has 0 saturated heterocycles. The van der Waals surface area contributed by atoms with Gasteiger partial charge in [-0.2, -0.15) is 13.2 Å². The van der Waals surface area contributed by atoms with Crippen LogP contribution >= 0.6 is 156 Å². The number of methoxy groups -OCH3 is 1. The Balaban J connectivity index is 0.000000630. The molecule has 579 valence electrons. The lowest BCUT2D eigenvalue weighted by atomic mass is 10.0. The number of carbonyl (C=O) groups is 6. The second kappa shape index (κ2) is 56.9. The number of esters is 1. The molecule has 0 bridgehead atoms. The molecule has 10 rings (SSSR count). The highest BCUT2D eigenvalue weighted by molar-refractivity contribution is 14.1. The lowest BCUT2D eigenvalue weighted by molar-refractivity contribution is -0.137. The first-order chi connectivity index (χ1) is 51.9. The van der Waals surface area contributed by atoms with Gasteiger partial charge in [-0.3, -0.25) is 24.0 Å². The molecular weight excluding hydrogens is 1970 g/mol. The average molecular weight is 2050 g/mol. The summed E-state index contributed by atoms with van der Waals surface area (Å²) in [5.41, 5.74) is 6.74. The summed E-state index contributed by atoms with van der Waals surface area (Å²) < 4.78 is 56.7. The third kappa shape index (κ3) is 44.9. The van der Waals surface area contributed by atoms with E-state index in [4.69, 9.17) is 73.0 Å². The number of nitrogens with zero attached hydrogens (tertiary/aromatic N) is 1. The highest BCUT2D eigenvalue weighted by atomic mass is 127. The summed E-state index contributed by atoms with van der Waals surface area (Å²) in [4.78, 5) is 70.4. The smallest absolute Gasteiger partial charge is 0.537 e. The maximum absolute atomic E-state index is 12.3. The second-order valence-corrected chi connectivity index (χ2v) is 34.8. The fraction of sp³-hybridized carbons (Fsp3) is 0.146. The van der Waals surface area contributed by atoms with Crippen molar-refractivity contribution in [3.05, 3.63) is 349 Å². The first-order valence-corrected chi connectivity index (χ1v) is 43.4. The van der Waals surface area contributed by atoms with Crippen molar-refractivity contribution in [3.63, 3.8) is 0 Å². The van der Waals surface area contributed by atoms with E-state index in [-0.39, 0.29) is 28.8 Å². The molecule has 10 aromatic carbocycles. The number of phenols is 1. The van der Waals surface area contributed by atoms with E-state index in [1.165, 1.54) is 40.9 Å². The average Bonchev–Trinajstić information content (AvgIpc) is 0.809. The molecule has 0 amide bonds. The van der Waals surface area contributed by atoms with Crippen LogP contribution in [-0.2, 0) is 15.8 Å². The van der Waals surface area contributed by atoms with Crippen molar-refractivity contribution in [2.24, 2.45) is 0 Å². The Morgan fingerprint density at radius 3 is 1.08 bits per heavy atom. The molecule has 0 spiro atoms. The van der Waals surface area contributed by atoms with Crippen LogP contribution in [0.5, 0.6) is 23.0 Å². The van der Waals surface area contributed by atoms with Gasteiger partial charge in [0.25, 0.3) is 5.24 Å². The molecule has 110 heavy (non-hydrogen) atoms. The molecule has 0 heterocycles. The second-order valence-electron chi connectivity index (χ2n) is 22.0. The van der Waals surface area contributed by atoms with E-state index in [0.29, 0.717) is 58.0 Å². The van der Waals surface area contributed by atoms with E-state index < -0.39 is 39.6 Å². The van der Waals surface area contributed by atoms with E-state index in [0.717, 1.165) is 63.5 Å². The Bertz CT molecular complexity index is 4220. The number of ketones is 3. The summed E-state index contributed by atoms with van der Waals surface area (Å²) in [6.07, 6.45) is -4.35. The van der Waals surface area contributed by atoms with Gasteiger partial charge in [0.15, 0.2) is 17.3 Å². The molecule has 0 aliphatic heterocycles. The molecule has 0 fully saturated rings. The molecule has 28 heteroatoms. The number of halogens is 14. The topological polar surface area (TPSA) is 174 Å². The summed E-state index contributed by atoms with van der Waals surface area (Å²) in [7, 11) is 16.9. The Kier molecular flexibility index (Phi) is 52.7. The molecule has 0 aromatic heterocycles. The van der Waals surface area contributed by atoms with E-state index in [9.17, 15) is 41.9 Å². The zero-order valence-electron chi connectivity index (χ0n) is 60.6. The SMILES string of the molecule is C=C(C)C(=O)Cl.C=C(C)C(=O)Oc1ccc(C(=O)c2ccc(Br)cc2)cc1.CCN(CC)CC.COc1ccccc1.Cc1cc(Br)ccc1I.Cc1ccc(C(=O)c2ccc(Br)cc2)cc1.O=C(Cl)c1ccc(Br)cc1.O=C(c1ccc(O)cc1)c1ccc(Br)cc1.O[B]Oc1ccc(C(F)(F)F)cc1.[Cl][Al]([Cl])[Cl]. The number of ether oxygens (including phenoxy) is 2. The number of allylic oxidation sites excluding steroid dienone is 1. The van der Waals surface area contributed by atoms with Gasteiger partial charge < -0.3 is 29.2 Å². The maximum atomic E-state index is 12.3. The van der Waals surface area contributed by atoms with Crippen molar-refractivity contribution in [2.75, 3.05) is 26.7 Å². The summed E-state index contributed by atoms with van der Waals surface area (Å²) in [5.74, 6) is 1.05. The zero-order chi connectivity index (χ0) is 83.1. The van der Waals surface area contributed by atoms with Crippen LogP contribution in [-0.4, -0.2) is 94.6 Å². The first-order valence-electron chi connectivity index (χ1n) is 32.4. The lowest BCUT2D eigenvalue weighted by Crippen LogP contribution is -2.21. The highest BCUT2D eigenvalue weighted by Crippen LogP contribution is 2.30. The Hall–Kier alpha value is -6.21. The highest BCUT2D eigenvalue weighted by Gasteiger charge is 2.30. The maximum Gasteiger partial charge on any atom is 0.643 e. The quantitative estimate of drug-likeness (QED) is 0.0178. The predicted octanol–water partition coefficient (Wildman–Crippen LogP) is 25.4. The van der Waals surface area contributed by atoms with Crippen LogP contribution in [0.3, 0.4) is 0 Å². The minimum atomic E-state index is -4.35. The van der Waals surface area contributed by atoms with Gasteiger partial charge in [-0.1, -0.05) is 162 Å². The molecule has 0 atom stereocenters. The van der Waals surface area contributed by atoms with Gasteiger partial charge in [0, 0.05) is 76.0 Å². The summed E-state index contributed by atoms with van der Waals surface area (Å²) in [6.45, 7) is 24.2. The van der Waals surface area contributed by atoms with Crippen molar-refractivity contribution in [1.82, 2.24) is 4.90 Å². The van der Waals surface area contributed by atoms with Crippen LogP contribution < -0.4 is 14.1 Å². The van der Waals surface area contributed by atoms with Gasteiger partial charge >= 0.3 is 31.2 Å².